The van der Waals surface area contributed by atoms with Crippen LogP contribution >= 0.6 is 0 Å². The van der Waals surface area contributed by atoms with Crippen LogP contribution in [0.1, 0.15) is 70.0 Å². The molecule has 0 radical (unpaired) electrons. The molecule has 2 bridgehead atoms. The predicted molar refractivity (Wildman–Crippen MR) is 73.6 cm³/mol. The van der Waals surface area contributed by atoms with E-state index in [0.29, 0.717) is 11.8 Å². The Labute approximate surface area is 110 Å². The Kier molecular flexibility index (Phi) is 3.59. The van der Waals surface area contributed by atoms with Crippen molar-refractivity contribution in [1.29, 1.82) is 0 Å². The van der Waals surface area contributed by atoms with E-state index in [0.717, 1.165) is 35.8 Å². The number of aliphatic hydroxyl groups is 1. The van der Waals surface area contributed by atoms with Gasteiger partial charge in [0.25, 0.3) is 0 Å². The average molecular weight is 250 g/mol. The monoisotopic (exact) mass is 250 g/mol. The molecule has 2 nitrogen and oxygen atoms in total. The third-order valence-corrected chi connectivity index (χ3v) is 4.03. The molecule has 1 fully saturated rings. The van der Waals surface area contributed by atoms with E-state index < -0.39 is 5.60 Å². The summed E-state index contributed by atoms with van der Waals surface area (Å²) in [6.45, 7) is 10.4. The molecule has 102 valence electrons. The van der Waals surface area contributed by atoms with Crippen molar-refractivity contribution in [3.05, 3.63) is 23.2 Å². The van der Waals surface area contributed by atoms with Gasteiger partial charge in [-0.15, -0.1) is 0 Å². The molecule has 1 heterocycles. The Hall–Kier alpha value is -0.760. The summed E-state index contributed by atoms with van der Waals surface area (Å²) in [5, 5.41) is 10.5. The van der Waals surface area contributed by atoms with Crippen LogP contribution in [0.25, 0.3) is 0 Å². The van der Waals surface area contributed by atoms with Crippen molar-refractivity contribution in [3.63, 3.8) is 0 Å². The molecular formula is C16H26O2. The van der Waals surface area contributed by atoms with E-state index in [1.165, 1.54) is 6.42 Å². The molecule has 3 rings (SSSR count). The van der Waals surface area contributed by atoms with Crippen LogP contribution < -0.4 is 0 Å². The zero-order chi connectivity index (χ0) is 13.5. The van der Waals surface area contributed by atoms with Crippen LogP contribution in [0.3, 0.4) is 0 Å². The topological polar surface area (TPSA) is 33.4 Å². The molecule has 0 aliphatic heterocycles. The highest BCUT2D eigenvalue weighted by atomic mass is 16.3. The molecule has 3 atom stereocenters. The van der Waals surface area contributed by atoms with Gasteiger partial charge < -0.3 is 9.52 Å². The van der Waals surface area contributed by atoms with Crippen molar-refractivity contribution in [2.75, 3.05) is 0 Å². The number of hydrogen-bond acceptors (Lipinski definition) is 2. The predicted octanol–water partition coefficient (Wildman–Crippen LogP) is 4.36. The number of aryl methyl sites for hydroxylation is 1. The SMILES string of the molecule is CC(C)C.Cc1cc2c(o1)C1CCC(C1)C2(C)O. The summed E-state index contributed by atoms with van der Waals surface area (Å²) in [6.07, 6.45) is 3.43. The van der Waals surface area contributed by atoms with Gasteiger partial charge in [0.05, 0.1) is 5.60 Å². The molecule has 0 aromatic carbocycles. The smallest absolute Gasteiger partial charge is 0.113 e. The number of fused-ring (bicyclic) bond motifs is 4. The van der Waals surface area contributed by atoms with E-state index >= 15 is 0 Å². The van der Waals surface area contributed by atoms with Crippen LogP contribution in [0.2, 0.25) is 0 Å². The van der Waals surface area contributed by atoms with Crippen molar-refractivity contribution in [2.45, 2.75) is 65.4 Å². The van der Waals surface area contributed by atoms with E-state index in [-0.39, 0.29) is 0 Å². The van der Waals surface area contributed by atoms with Crippen molar-refractivity contribution >= 4 is 0 Å². The first-order chi connectivity index (χ1) is 8.32. The maximum atomic E-state index is 10.5. The maximum absolute atomic E-state index is 10.5. The Morgan fingerprint density at radius 1 is 1.33 bits per heavy atom. The quantitative estimate of drug-likeness (QED) is 0.742. The summed E-state index contributed by atoms with van der Waals surface area (Å²) < 4.78 is 5.71. The molecule has 3 unspecified atom stereocenters. The highest BCUT2D eigenvalue weighted by molar-refractivity contribution is 5.35. The second-order valence-electron chi connectivity index (χ2n) is 6.72. The fourth-order valence-corrected chi connectivity index (χ4v) is 3.18. The summed E-state index contributed by atoms with van der Waals surface area (Å²) >= 11 is 0. The lowest BCUT2D eigenvalue weighted by Crippen LogP contribution is -2.33. The molecule has 18 heavy (non-hydrogen) atoms. The summed E-state index contributed by atoms with van der Waals surface area (Å²) in [5.74, 6) is 3.84. The Morgan fingerprint density at radius 2 is 1.94 bits per heavy atom. The van der Waals surface area contributed by atoms with Gasteiger partial charge in [0.2, 0.25) is 0 Å². The zero-order valence-electron chi connectivity index (χ0n) is 12.3. The Bertz CT molecular complexity index is 412. The molecular weight excluding hydrogens is 224 g/mol. The first kappa shape index (κ1) is 13.7. The Balaban J connectivity index is 0.000000267. The first-order valence-electron chi connectivity index (χ1n) is 7.15. The minimum atomic E-state index is -0.653. The van der Waals surface area contributed by atoms with E-state index in [2.05, 4.69) is 20.8 Å². The maximum Gasteiger partial charge on any atom is 0.113 e. The zero-order valence-corrected chi connectivity index (χ0v) is 12.3. The molecule has 1 N–H and O–H groups in total. The third kappa shape index (κ3) is 2.35. The van der Waals surface area contributed by atoms with Gasteiger partial charge in [0.15, 0.2) is 0 Å². The second-order valence-corrected chi connectivity index (χ2v) is 6.72. The fraction of sp³-hybridized carbons (Fsp3) is 0.750. The van der Waals surface area contributed by atoms with Crippen LogP contribution in [0.5, 0.6) is 0 Å². The van der Waals surface area contributed by atoms with E-state index in [9.17, 15) is 5.11 Å². The lowest BCUT2D eigenvalue weighted by molar-refractivity contribution is -0.0115. The lowest BCUT2D eigenvalue weighted by Gasteiger charge is -2.33. The number of furan rings is 1. The lowest BCUT2D eigenvalue weighted by atomic mass is 9.76. The minimum absolute atomic E-state index is 0.442. The molecule has 1 aromatic heterocycles. The minimum Gasteiger partial charge on any atom is -0.466 e. The molecule has 0 amide bonds. The van der Waals surface area contributed by atoms with Gasteiger partial charge in [0, 0.05) is 11.5 Å². The van der Waals surface area contributed by atoms with Crippen LogP contribution in [0.15, 0.2) is 10.5 Å². The van der Waals surface area contributed by atoms with E-state index in [1.54, 1.807) is 0 Å². The van der Waals surface area contributed by atoms with Gasteiger partial charge in [-0.3, -0.25) is 0 Å². The molecule has 0 spiro atoms. The van der Waals surface area contributed by atoms with Crippen molar-refractivity contribution in [1.82, 2.24) is 0 Å². The van der Waals surface area contributed by atoms with Gasteiger partial charge in [0.1, 0.15) is 11.5 Å². The van der Waals surface area contributed by atoms with Crippen molar-refractivity contribution in [3.8, 4) is 0 Å². The summed E-state index contributed by atoms with van der Waals surface area (Å²) in [5.41, 5.74) is 0.397. The second kappa shape index (κ2) is 4.73. The van der Waals surface area contributed by atoms with Gasteiger partial charge in [-0.25, -0.2) is 0 Å². The van der Waals surface area contributed by atoms with Gasteiger partial charge in [-0.1, -0.05) is 20.8 Å². The van der Waals surface area contributed by atoms with Crippen molar-refractivity contribution in [2.24, 2.45) is 11.8 Å². The van der Waals surface area contributed by atoms with Gasteiger partial charge in [-0.05, 0) is 51.0 Å². The normalized spacial score (nSPS) is 33.1. The highest BCUT2D eigenvalue weighted by Gasteiger charge is 2.48. The van der Waals surface area contributed by atoms with E-state index in [4.69, 9.17) is 4.42 Å². The summed E-state index contributed by atoms with van der Waals surface area (Å²) in [7, 11) is 0. The third-order valence-electron chi connectivity index (χ3n) is 4.03. The molecule has 2 aliphatic rings. The number of hydrogen-bond donors (Lipinski definition) is 1. The van der Waals surface area contributed by atoms with Crippen LogP contribution in [0, 0.1) is 18.8 Å². The largest absolute Gasteiger partial charge is 0.466 e. The molecule has 0 saturated heterocycles. The van der Waals surface area contributed by atoms with Crippen LogP contribution in [-0.4, -0.2) is 5.11 Å². The first-order valence-corrected chi connectivity index (χ1v) is 7.15. The molecule has 2 aliphatic carbocycles. The van der Waals surface area contributed by atoms with Gasteiger partial charge >= 0.3 is 0 Å². The highest BCUT2D eigenvalue weighted by Crippen LogP contribution is 2.54. The Morgan fingerprint density at radius 3 is 2.56 bits per heavy atom. The summed E-state index contributed by atoms with van der Waals surface area (Å²) in [4.78, 5) is 0. The molecule has 1 saturated carbocycles. The number of rotatable bonds is 0. The standard InChI is InChI=1S/C12H16O2.C4H10/c1-7-5-10-11(14-7)8-3-4-9(6-8)12(10,2)13;1-4(2)3/h5,8-9,13H,3-4,6H2,1-2H3;4H,1-3H3. The van der Waals surface area contributed by atoms with E-state index in [1.807, 2.05) is 19.9 Å². The molecule has 1 aromatic rings. The van der Waals surface area contributed by atoms with Crippen LogP contribution in [0.4, 0.5) is 0 Å². The van der Waals surface area contributed by atoms with Crippen LogP contribution in [-0.2, 0) is 5.60 Å². The van der Waals surface area contributed by atoms with Crippen molar-refractivity contribution < 1.29 is 9.52 Å². The molecule has 2 heteroatoms. The summed E-state index contributed by atoms with van der Waals surface area (Å²) in [6, 6.07) is 2.01. The van der Waals surface area contributed by atoms with Gasteiger partial charge in [-0.2, -0.15) is 0 Å². The average Bonchev–Trinajstić information content (AvgIpc) is 2.79. The fourth-order valence-electron chi connectivity index (χ4n) is 3.18.